The van der Waals surface area contributed by atoms with Gasteiger partial charge < -0.3 is 0 Å². The lowest BCUT2D eigenvalue weighted by Gasteiger charge is -2.09. The summed E-state index contributed by atoms with van der Waals surface area (Å²) in [6.07, 6.45) is 4.17. The summed E-state index contributed by atoms with van der Waals surface area (Å²) in [5.41, 5.74) is 3.33. The molecule has 0 fully saturated rings. The number of nitrogens with zero attached hydrogens (tertiary/aromatic N) is 4. The molecule has 0 N–H and O–H groups in total. The Morgan fingerprint density at radius 2 is 1.67 bits per heavy atom. The number of aromatic nitrogens is 4. The molecular weight excluding hydrogens is 188 g/mol. The quantitative estimate of drug-likeness (QED) is 0.748. The number of fused-ring (bicyclic) bond motifs is 1. The van der Waals surface area contributed by atoms with Crippen LogP contribution < -0.4 is 0 Å². The molecule has 0 amide bonds. The van der Waals surface area contributed by atoms with E-state index in [2.05, 4.69) is 40.7 Å². The highest BCUT2D eigenvalue weighted by molar-refractivity contribution is 5.64. The van der Waals surface area contributed by atoms with E-state index in [1.165, 1.54) is 0 Å². The molecule has 0 bridgehead atoms. The molecule has 0 saturated carbocycles. The number of hydrogen-bond acceptors (Lipinski definition) is 4. The van der Waals surface area contributed by atoms with Crippen molar-refractivity contribution >= 4 is 11.3 Å². The summed E-state index contributed by atoms with van der Waals surface area (Å²) < 4.78 is 0. The van der Waals surface area contributed by atoms with Crippen LogP contribution in [0.25, 0.3) is 11.3 Å². The van der Waals surface area contributed by atoms with E-state index in [-0.39, 0.29) is 0 Å². The maximum atomic E-state index is 4.51. The van der Waals surface area contributed by atoms with Crippen LogP contribution in [0.1, 0.15) is 38.1 Å². The van der Waals surface area contributed by atoms with Crippen molar-refractivity contribution in [3.05, 3.63) is 23.8 Å². The van der Waals surface area contributed by atoms with Gasteiger partial charge in [0.15, 0.2) is 11.3 Å². The van der Waals surface area contributed by atoms with Gasteiger partial charge in [0.05, 0.1) is 11.4 Å². The van der Waals surface area contributed by atoms with Crippen molar-refractivity contribution < 1.29 is 0 Å². The second-order valence-electron chi connectivity index (χ2n) is 3.77. The molecule has 78 valence electrons. The van der Waals surface area contributed by atoms with Gasteiger partial charge in [0.2, 0.25) is 0 Å². The van der Waals surface area contributed by atoms with Crippen molar-refractivity contribution in [1.29, 1.82) is 0 Å². The van der Waals surface area contributed by atoms with Gasteiger partial charge in [0.1, 0.15) is 0 Å². The molecule has 4 heteroatoms. The van der Waals surface area contributed by atoms with E-state index in [0.29, 0.717) is 17.2 Å². The molecule has 0 unspecified atom stereocenters. The molecular formula is C11H14N4. The van der Waals surface area contributed by atoms with Gasteiger partial charge in [-0.15, -0.1) is 0 Å². The second kappa shape index (κ2) is 3.88. The predicted octanol–water partition coefficient (Wildman–Crippen LogP) is 2.11. The first-order valence-corrected chi connectivity index (χ1v) is 5.20. The molecule has 0 aliphatic carbocycles. The molecule has 15 heavy (non-hydrogen) atoms. The van der Waals surface area contributed by atoms with Crippen LogP contribution in [0.5, 0.6) is 0 Å². The maximum Gasteiger partial charge on any atom is 0.198 e. The molecule has 2 aromatic heterocycles. The SMILES string of the molecule is CCc1nc2nccnc2nc1C(C)C. The van der Waals surface area contributed by atoms with Gasteiger partial charge in [-0.3, -0.25) is 0 Å². The Kier molecular flexibility index (Phi) is 2.58. The van der Waals surface area contributed by atoms with Gasteiger partial charge in [0, 0.05) is 12.4 Å². The molecule has 0 aromatic carbocycles. The number of rotatable bonds is 2. The van der Waals surface area contributed by atoms with Crippen LogP contribution >= 0.6 is 0 Å². The summed E-state index contributed by atoms with van der Waals surface area (Å²) in [6, 6.07) is 0. The van der Waals surface area contributed by atoms with Gasteiger partial charge in [-0.1, -0.05) is 20.8 Å². The zero-order valence-corrected chi connectivity index (χ0v) is 9.23. The topological polar surface area (TPSA) is 51.6 Å². The van der Waals surface area contributed by atoms with Gasteiger partial charge in [-0.25, -0.2) is 19.9 Å². The fraction of sp³-hybridized carbons (Fsp3) is 0.455. The first-order valence-electron chi connectivity index (χ1n) is 5.20. The minimum absolute atomic E-state index is 0.374. The third kappa shape index (κ3) is 1.79. The van der Waals surface area contributed by atoms with Crippen molar-refractivity contribution in [3.8, 4) is 0 Å². The van der Waals surface area contributed by atoms with Crippen LogP contribution in [-0.2, 0) is 6.42 Å². The van der Waals surface area contributed by atoms with Crippen molar-refractivity contribution in [2.45, 2.75) is 33.1 Å². The zero-order valence-electron chi connectivity index (χ0n) is 9.23. The Hall–Kier alpha value is -1.58. The van der Waals surface area contributed by atoms with Gasteiger partial charge >= 0.3 is 0 Å². The molecule has 2 rings (SSSR count). The van der Waals surface area contributed by atoms with Crippen LogP contribution in [0.3, 0.4) is 0 Å². The van der Waals surface area contributed by atoms with E-state index in [1.807, 2.05) is 0 Å². The van der Waals surface area contributed by atoms with Crippen LogP contribution in [-0.4, -0.2) is 19.9 Å². The molecule has 0 radical (unpaired) electrons. The summed E-state index contributed by atoms with van der Waals surface area (Å²) in [5.74, 6) is 0.374. The summed E-state index contributed by atoms with van der Waals surface area (Å²) in [7, 11) is 0. The lowest BCUT2D eigenvalue weighted by molar-refractivity contribution is 0.786. The molecule has 0 saturated heterocycles. The largest absolute Gasteiger partial charge is 0.232 e. The van der Waals surface area contributed by atoms with E-state index in [0.717, 1.165) is 17.8 Å². The average molecular weight is 202 g/mol. The van der Waals surface area contributed by atoms with Crippen LogP contribution in [0, 0.1) is 0 Å². The van der Waals surface area contributed by atoms with Gasteiger partial charge in [-0.05, 0) is 12.3 Å². The lowest BCUT2D eigenvalue weighted by atomic mass is 10.1. The van der Waals surface area contributed by atoms with Gasteiger partial charge in [0.25, 0.3) is 0 Å². The minimum atomic E-state index is 0.374. The van der Waals surface area contributed by atoms with Crippen LogP contribution in [0.15, 0.2) is 12.4 Å². The second-order valence-corrected chi connectivity index (χ2v) is 3.77. The first kappa shape index (κ1) is 9.96. The Morgan fingerprint density at radius 1 is 1.07 bits per heavy atom. The van der Waals surface area contributed by atoms with Crippen molar-refractivity contribution in [3.63, 3.8) is 0 Å². The molecule has 4 nitrogen and oxygen atoms in total. The number of aryl methyl sites for hydroxylation is 1. The first-order chi connectivity index (χ1) is 7.22. The molecule has 0 aliphatic rings. The highest BCUT2D eigenvalue weighted by Gasteiger charge is 2.11. The monoisotopic (exact) mass is 202 g/mol. The third-order valence-electron chi connectivity index (χ3n) is 2.30. The Bertz CT molecular complexity index is 479. The average Bonchev–Trinajstić information content (AvgIpc) is 2.27. The van der Waals surface area contributed by atoms with Gasteiger partial charge in [-0.2, -0.15) is 0 Å². The van der Waals surface area contributed by atoms with E-state index in [1.54, 1.807) is 12.4 Å². The molecule has 0 aliphatic heterocycles. The molecule has 2 heterocycles. The predicted molar refractivity (Wildman–Crippen MR) is 58.6 cm³/mol. The molecule has 0 spiro atoms. The van der Waals surface area contributed by atoms with Crippen molar-refractivity contribution in [1.82, 2.24) is 19.9 Å². The van der Waals surface area contributed by atoms with Crippen LogP contribution in [0.4, 0.5) is 0 Å². The molecule has 0 atom stereocenters. The summed E-state index contributed by atoms with van der Waals surface area (Å²) in [6.45, 7) is 6.31. The number of hydrogen-bond donors (Lipinski definition) is 0. The Morgan fingerprint density at radius 3 is 2.20 bits per heavy atom. The van der Waals surface area contributed by atoms with E-state index >= 15 is 0 Å². The standard InChI is InChI=1S/C11H14N4/c1-4-8-9(7(2)3)15-11-10(14-8)12-5-6-13-11/h5-7H,4H2,1-3H3. The fourth-order valence-electron chi connectivity index (χ4n) is 1.57. The molecule has 2 aromatic rings. The van der Waals surface area contributed by atoms with E-state index in [4.69, 9.17) is 0 Å². The fourth-order valence-corrected chi connectivity index (χ4v) is 1.57. The van der Waals surface area contributed by atoms with E-state index in [9.17, 15) is 0 Å². The summed E-state index contributed by atoms with van der Waals surface area (Å²) >= 11 is 0. The minimum Gasteiger partial charge on any atom is -0.232 e. The normalized spacial score (nSPS) is 11.2. The Labute approximate surface area is 88.8 Å². The van der Waals surface area contributed by atoms with Crippen LogP contribution in [0.2, 0.25) is 0 Å². The van der Waals surface area contributed by atoms with E-state index < -0.39 is 0 Å². The van der Waals surface area contributed by atoms with Crippen molar-refractivity contribution in [2.75, 3.05) is 0 Å². The third-order valence-corrected chi connectivity index (χ3v) is 2.30. The summed E-state index contributed by atoms with van der Waals surface area (Å²) in [4.78, 5) is 17.3. The summed E-state index contributed by atoms with van der Waals surface area (Å²) in [5, 5.41) is 0. The smallest absolute Gasteiger partial charge is 0.198 e. The lowest BCUT2D eigenvalue weighted by Crippen LogP contribution is -2.04. The highest BCUT2D eigenvalue weighted by Crippen LogP contribution is 2.17. The van der Waals surface area contributed by atoms with Crippen molar-refractivity contribution in [2.24, 2.45) is 0 Å². The Balaban J connectivity index is 2.69. The maximum absolute atomic E-state index is 4.51. The zero-order chi connectivity index (χ0) is 10.8. The highest BCUT2D eigenvalue weighted by atomic mass is 15.0.